The number of rotatable bonds is 3. The summed E-state index contributed by atoms with van der Waals surface area (Å²) >= 11 is 0. The van der Waals surface area contributed by atoms with Crippen molar-refractivity contribution in [3.63, 3.8) is 0 Å². The molecule has 2 N–H and O–H groups in total. The Bertz CT molecular complexity index is 887. The normalized spacial score (nSPS) is 16.2. The van der Waals surface area contributed by atoms with Gasteiger partial charge < -0.3 is 5.11 Å². The van der Waals surface area contributed by atoms with Gasteiger partial charge in [0.1, 0.15) is 18.0 Å². The number of aryl methyl sites for hydroxylation is 1. The highest BCUT2D eigenvalue weighted by Crippen LogP contribution is 2.35. The highest BCUT2D eigenvalue weighted by molar-refractivity contribution is 7.92. The third-order valence-electron chi connectivity index (χ3n) is 3.70. The van der Waals surface area contributed by atoms with E-state index in [0.29, 0.717) is 16.3 Å². The van der Waals surface area contributed by atoms with Gasteiger partial charge in [0.15, 0.2) is 5.82 Å². The van der Waals surface area contributed by atoms with Gasteiger partial charge in [0.25, 0.3) is 5.91 Å². The summed E-state index contributed by atoms with van der Waals surface area (Å²) in [6.07, 6.45) is 0.384. The molecule has 2 aromatic carbocycles. The van der Waals surface area contributed by atoms with Crippen molar-refractivity contribution in [1.82, 2.24) is 4.72 Å². The van der Waals surface area contributed by atoms with Gasteiger partial charge in [-0.3, -0.25) is 4.79 Å². The van der Waals surface area contributed by atoms with Crippen LogP contribution >= 0.6 is 0 Å². The minimum absolute atomic E-state index is 0.384. The van der Waals surface area contributed by atoms with E-state index in [-0.39, 0.29) is 0 Å². The molecule has 0 spiro atoms. The molecule has 1 aliphatic rings. The largest absolute Gasteiger partial charge is 0.506 e. The van der Waals surface area contributed by atoms with Crippen molar-refractivity contribution in [2.24, 2.45) is 0 Å². The molecule has 1 heterocycles. The van der Waals surface area contributed by atoms with E-state index in [9.17, 15) is 22.7 Å². The predicted molar refractivity (Wildman–Crippen MR) is 86.5 cm³/mol. The van der Waals surface area contributed by atoms with E-state index in [0.717, 1.165) is 17.2 Å². The van der Waals surface area contributed by atoms with Gasteiger partial charge in [0.2, 0.25) is 0 Å². The Morgan fingerprint density at radius 1 is 1.21 bits per heavy atom. The Labute approximate surface area is 138 Å². The summed E-state index contributed by atoms with van der Waals surface area (Å²) in [5.41, 5.74) is 1.99. The second kappa shape index (κ2) is 5.79. The average molecular weight is 350 g/mol. The first-order valence-corrected chi connectivity index (χ1v) is 8.60. The van der Waals surface area contributed by atoms with E-state index in [4.69, 9.17) is 0 Å². The smallest absolute Gasteiger partial charge is 0.326 e. The Kier molecular flexibility index (Phi) is 3.92. The number of nitrogens with one attached hydrogen (secondary N) is 1. The number of phenols is 1. The van der Waals surface area contributed by atoms with Gasteiger partial charge in [-0.25, -0.2) is 13.4 Å². The van der Waals surface area contributed by atoms with Crippen LogP contribution in [0.4, 0.5) is 10.1 Å². The van der Waals surface area contributed by atoms with Gasteiger partial charge in [-0.15, -0.1) is 0 Å². The molecule has 24 heavy (non-hydrogen) atoms. The standard InChI is InChI=1S/C16H15FN2O4S/c1-10-2-4-11(5-3-10)6-12-7-13(17)16(14(20)8-12)19-9-15(21)18-24(19,22)23/h2-5,7-8,20H,6,9H2,1H3,(H,18,21). The monoisotopic (exact) mass is 350 g/mol. The summed E-state index contributed by atoms with van der Waals surface area (Å²) in [6, 6.07) is 10.1. The predicted octanol–water partition coefficient (Wildman–Crippen LogP) is 1.61. The molecule has 6 nitrogen and oxygen atoms in total. The summed E-state index contributed by atoms with van der Waals surface area (Å²) in [4.78, 5) is 11.3. The molecule has 0 unspecified atom stereocenters. The number of carbonyl (C=O) groups excluding carboxylic acids is 1. The number of aromatic hydroxyl groups is 1. The summed E-state index contributed by atoms with van der Waals surface area (Å²) < 4.78 is 40.3. The first-order valence-electron chi connectivity index (χ1n) is 7.16. The number of amides is 1. The third kappa shape index (κ3) is 3.05. The average Bonchev–Trinajstić information content (AvgIpc) is 2.74. The van der Waals surface area contributed by atoms with Crippen LogP contribution in [0.1, 0.15) is 16.7 Å². The van der Waals surface area contributed by atoms with Gasteiger partial charge in [-0.1, -0.05) is 29.8 Å². The van der Waals surface area contributed by atoms with E-state index in [1.165, 1.54) is 6.07 Å². The molecule has 1 fully saturated rings. The molecule has 126 valence electrons. The summed E-state index contributed by atoms with van der Waals surface area (Å²) in [6.45, 7) is 1.39. The molecule has 0 atom stereocenters. The number of hydrogen-bond acceptors (Lipinski definition) is 4. The maximum atomic E-state index is 14.4. The highest BCUT2D eigenvalue weighted by atomic mass is 32.2. The van der Waals surface area contributed by atoms with E-state index in [2.05, 4.69) is 0 Å². The summed E-state index contributed by atoms with van der Waals surface area (Å²) in [7, 11) is -4.18. The zero-order valence-corrected chi connectivity index (χ0v) is 13.6. The fourth-order valence-corrected chi connectivity index (χ4v) is 3.75. The van der Waals surface area contributed by atoms with Crippen molar-refractivity contribution in [2.45, 2.75) is 13.3 Å². The lowest BCUT2D eigenvalue weighted by Gasteiger charge is -2.17. The Balaban J connectivity index is 1.94. The lowest BCUT2D eigenvalue weighted by Crippen LogP contribution is -2.30. The number of halogens is 1. The maximum absolute atomic E-state index is 14.4. The number of phenolic OH excluding ortho intramolecular Hbond substituents is 1. The molecule has 0 aliphatic carbocycles. The van der Waals surface area contributed by atoms with Crippen LogP contribution in [-0.2, 0) is 21.4 Å². The number of nitrogens with zero attached hydrogens (tertiary/aromatic N) is 1. The fraction of sp³-hybridized carbons (Fsp3) is 0.188. The zero-order chi connectivity index (χ0) is 17.5. The van der Waals surface area contributed by atoms with Crippen molar-refractivity contribution < 1.29 is 22.7 Å². The quantitative estimate of drug-likeness (QED) is 0.881. The zero-order valence-electron chi connectivity index (χ0n) is 12.8. The van der Waals surface area contributed by atoms with Crippen molar-refractivity contribution in [3.05, 3.63) is 58.9 Å². The van der Waals surface area contributed by atoms with Crippen molar-refractivity contribution in [3.8, 4) is 5.75 Å². The minimum atomic E-state index is -4.18. The number of anilines is 1. The van der Waals surface area contributed by atoms with Gasteiger partial charge >= 0.3 is 10.2 Å². The number of hydrogen-bond donors (Lipinski definition) is 2. The topological polar surface area (TPSA) is 86.7 Å². The van der Waals surface area contributed by atoms with Gasteiger partial charge in [0.05, 0.1) is 0 Å². The van der Waals surface area contributed by atoms with Gasteiger partial charge in [-0.05, 0) is 36.6 Å². The Morgan fingerprint density at radius 3 is 2.42 bits per heavy atom. The molecular formula is C16H15FN2O4S. The van der Waals surface area contributed by atoms with Gasteiger partial charge in [-0.2, -0.15) is 8.42 Å². The molecule has 8 heteroatoms. The molecule has 0 radical (unpaired) electrons. The molecule has 3 rings (SSSR count). The molecule has 0 aromatic heterocycles. The second-order valence-corrected chi connectivity index (χ2v) is 7.24. The lowest BCUT2D eigenvalue weighted by atomic mass is 10.0. The lowest BCUT2D eigenvalue weighted by molar-refractivity contribution is -0.117. The fourth-order valence-electron chi connectivity index (χ4n) is 2.58. The Morgan fingerprint density at radius 2 is 1.88 bits per heavy atom. The van der Waals surface area contributed by atoms with Crippen LogP contribution in [-0.4, -0.2) is 26.0 Å². The van der Waals surface area contributed by atoms with E-state index >= 15 is 0 Å². The van der Waals surface area contributed by atoms with Crippen LogP contribution in [0.15, 0.2) is 36.4 Å². The molecule has 1 amide bonds. The molecule has 2 aromatic rings. The van der Waals surface area contributed by atoms with Crippen LogP contribution < -0.4 is 9.03 Å². The SMILES string of the molecule is Cc1ccc(Cc2cc(O)c(N3CC(=O)NS3(=O)=O)c(F)c2)cc1. The van der Waals surface area contributed by atoms with Gasteiger partial charge in [0, 0.05) is 0 Å². The van der Waals surface area contributed by atoms with E-state index < -0.39 is 39.9 Å². The van der Waals surface area contributed by atoms with Crippen LogP contribution in [0, 0.1) is 12.7 Å². The first-order chi connectivity index (χ1) is 11.3. The maximum Gasteiger partial charge on any atom is 0.326 e. The van der Waals surface area contributed by atoms with Crippen LogP contribution in [0.25, 0.3) is 0 Å². The molecule has 1 saturated heterocycles. The molecule has 1 aliphatic heterocycles. The van der Waals surface area contributed by atoms with Crippen molar-refractivity contribution in [1.29, 1.82) is 0 Å². The van der Waals surface area contributed by atoms with Crippen LogP contribution in [0.2, 0.25) is 0 Å². The second-order valence-electron chi connectivity index (χ2n) is 5.64. The number of carbonyl (C=O) groups is 1. The van der Waals surface area contributed by atoms with E-state index in [1.54, 1.807) is 4.72 Å². The van der Waals surface area contributed by atoms with Crippen molar-refractivity contribution in [2.75, 3.05) is 10.8 Å². The van der Waals surface area contributed by atoms with Crippen molar-refractivity contribution >= 4 is 21.8 Å². The molecular weight excluding hydrogens is 335 g/mol. The molecule has 0 saturated carbocycles. The summed E-state index contributed by atoms with van der Waals surface area (Å²) in [5.74, 6) is -2.22. The minimum Gasteiger partial charge on any atom is -0.506 e. The first kappa shape index (κ1) is 16.3. The molecule has 0 bridgehead atoms. The number of benzene rings is 2. The van der Waals surface area contributed by atoms with E-state index in [1.807, 2.05) is 31.2 Å². The Hall–Kier alpha value is -2.61. The van der Waals surface area contributed by atoms with Crippen LogP contribution in [0.3, 0.4) is 0 Å². The summed E-state index contributed by atoms with van der Waals surface area (Å²) in [5, 5.41) is 10.1. The highest BCUT2D eigenvalue weighted by Gasteiger charge is 2.37. The van der Waals surface area contributed by atoms with Crippen LogP contribution in [0.5, 0.6) is 5.75 Å². The third-order valence-corrected chi connectivity index (χ3v) is 5.08.